The summed E-state index contributed by atoms with van der Waals surface area (Å²) in [6.07, 6.45) is 0. The molecular formula is C14H11IO3. The van der Waals surface area contributed by atoms with E-state index in [9.17, 15) is 4.79 Å². The Morgan fingerprint density at radius 3 is 2.33 bits per heavy atom. The molecular weight excluding hydrogens is 343 g/mol. The normalized spacial score (nSPS) is 9.89. The van der Waals surface area contributed by atoms with Gasteiger partial charge in [-0.05, 0) is 46.9 Å². The molecule has 0 unspecified atom stereocenters. The van der Waals surface area contributed by atoms with Crippen LogP contribution in [0.5, 0.6) is 11.5 Å². The van der Waals surface area contributed by atoms with Crippen LogP contribution in [0.25, 0.3) is 0 Å². The number of esters is 1. The molecule has 0 bridgehead atoms. The Balaban J connectivity index is 2.22. The predicted molar refractivity (Wildman–Crippen MR) is 77.1 cm³/mol. The summed E-state index contributed by atoms with van der Waals surface area (Å²) in [4.78, 5) is 11.9. The third-order valence-electron chi connectivity index (χ3n) is 2.36. The SMILES string of the molecule is COc1cccc(OC(=O)c2ccccc2)c1I. The van der Waals surface area contributed by atoms with Crippen molar-refractivity contribution in [1.29, 1.82) is 0 Å². The van der Waals surface area contributed by atoms with Crippen molar-refractivity contribution in [3.8, 4) is 11.5 Å². The first kappa shape index (κ1) is 12.9. The largest absolute Gasteiger partial charge is 0.496 e. The zero-order valence-electron chi connectivity index (χ0n) is 9.72. The van der Waals surface area contributed by atoms with Gasteiger partial charge in [0.1, 0.15) is 11.5 Å². The highest BCUT2D eigenvalue weighted by molar-refractivity contribution is 14.1. The molecule has 0 amide bonds. The van der Waals surface area contributed by atoms with Crippen molar-refractivity contribution in [2.75, 3.05) is 7.11 Å². The zero-order valence-corrected chi connectivity index (χ0v) is 11.9. The van der Waals surface area contributed by atoms with E-state index in [1.807, 2.05) is 12.1 Å². The van der Waals surface area contributed by atoms with Crippen LogP contribution in [0.15, 0.2) is 48.5 Å². The molecule has 18 heavy (non-hydrogen) atoms. The van der Waals surface area contributed by atoms with Gasteiger partial charge in [0.15, 0.2) is 0 Å². The summed E-state index contributed by atoms with van der Waals surface area (Å²) in [6, 6.07) is 14.2. The van der Waals surface area contributed by atoms with Crippen molar-refractivity contribution < 1.29 is 14.3 Å². The first-order valence-corrected chi connectivity index (χ1v) is 6.40. The molecule has 0 aliphatic heterocycles. The van der Waals surface area contributed by atoms with Crippen molar-refractivity contribution in [2.24, 2.45) is 0 Å². The van der Waals surface area contributed by atoms with Crippen LogP contribution in [0.2, 0.25) is 0 Å². The van der Waals surface area contributed by atoms with Gasteiger partial charge in [0.25, 0.3) is 0 Å². The number of benzene rings is 2. The number of carbonyl (C=O) groups is 1. The van der Waals surface area contributed by atoms with Gasteiger partial charge in [-0.2, -0.15) is 0 Å². The molecule has 2 aromatic carbocycles. The Morgan fingerprint density at radius 2 is 1.67 bits per heavy atom. The quantitative estimate of drug-likeness (QED) is 0.481. The van der Waals surface area contributed by atoms with Crippen LogP contribution in [-0.2, 0) is 0 Å². The third-order valence-corrected chi connectivity index (χ3v) is 3.42. The lowest BCUT2D eigenvalue weighted by atomic mass is 10.2. The summed E-state index contributed by atoms with van der Waals surface area (Å²) in [6.45, 7) is 0. The van der Waals surface area contributed by atoms with E-state index in [1.165, 1.54) is 0 Å². The fourth-order valence-electron chi connectivity index (χ4n) is 1.46. The summed E-state index contributed by atoms with van der Waals surface area (Å²) >= 11 is 2.09. The molecule has 92 valence electrons. The monoisotopic (exact) mass is 354 g/mol. The maximum Gasteiger partial charge on any atom is 0.343 e. The highest BCUT2D eigenvalue weighted by Gasteiger charge is 2.12. The van der Waals surface area contributed by atoms with E-state index in [2.05, 4.69) is 22.6 Å². The van der Waals surface area contributed by atoms with Gasteiger partial charge in [-0.3, -0.25) is 0 Å². The smallest absolute Gasteiger partial charge is 0.343 e. The minimum Gasteiger partial charge on any atom is -0.496 e. The maximum absolute atomic E-state index is 11.9. The summed E-state index contributed by atoms with van der Waals surface area (Å²) in [7, 11) is 1.58. The minimum absolute atomic E-state index is 0.373. The highest BCUT2D eigenvalue weighted by atomic mass is 127. The van der Waals surface area contributed by atoms with Crippen molar-refractivity contribution in [3.05, 3.63) is 57.7 Å². The Morgan fingerprint density at radius 1 is 1.00 bits per heavy atom. The van der Waals surface area contributed by atoms with Crippen LogP contribution in [-0.4, -0.2) is 13.1 Å². The molecule has 0 spiro atoms. The van der Waals surface area contributed by atoms with Gasteiger partial charge in [0, 0.05) is 0 Å². The van der Waals surface area contributed by atoms with E-state index in [1.54, 1.807) is 43.5 Å². The zero-order chi connectivity index (χ0) is 13.0. The van der Waals surface area contributed by atoms with Crippen LogP contribution in [0.3, 0.4) is 0 Å². The molecule has 0 atom stereocenters. The number of hydrogen-bond acceptors (Lipinski definition) is 3. The number of carbonyl (C=O) groups excluding carboxylic acids is 1. The van der Waals surface area contributed by atoms with Crippen molar-refractivity contribution >= 4 is 28.6 Å². The minimum atomic E-state index is -0.373. The average Bonchev–Trinajstić information content (AvgIpc) is 2.42. The Bertz CT molecular complexity index is 552. The Hall–Kier alpha value is -1.56. The first-order valence-electron chi connectivity index (χ1n) is 5.32. The molecule has 0 N–H and O–H groups in total. The second-order valence-electron chi connectivity index (χ2n) is 3.53. The van der Waals surface area contributed by atoms with Crippen LogP contribution in [0, 0.1) is 3.57 Å². The van der Waals surface area contributed by atoms with Crippen molar-refractivity contribution in [2.45, 2.75) is 0 Å². The Labute approximate surface area is 119 Å². The lowest BCUT2D eigenvalue weighted by Gasteiger charge is -2.09. The predicted octanol–water partition coefficient (Wildman–Crippen LogP) is 3.52. The standard InChI is InChI=1S/C14H11IO3/c1-17-11-8-5-9-12(13(11)15)18-14(16)10-6-3-2-4-7-10/h2-9H,1H3. The number of hydrogen-bond donors (Lipinski definition) is 0. The van der Waals surface area contributed by atoms with E-state index in [-0.39, 0.29) is 5.97 Å². The molecule has 0 saturated carbocycles. The van der Waals surface area contributed by atoms with Gasteiger partial charge < -0.3 is 9.47 Å². The molecule has 0 fully saturated rings. The first-order chi connectivity index (χ1) is 8.72. The number of ether oxygens (including phenoxy) is 2. The van der Waals surface area contributed by atoms with Gasteiger partial charge >= 0.3 is 5.97 Å². The highest BCUT2D eigenvalue weighted by Crippen LogP contribution is 2.30. The summed E-state index contributed by atoms with van der Waals surface area (Å²) in [5.74, 6) is 0.819. The van der Waals surface area contributed by atoms with Crippen LogP contribution in [0.4, 0.5) is 0 Å². The summed E-state index contributed by atoms with van der Waals surface area (Å²) < 4.78 is 11.3. The third kappa shape index (κ3) is 2.81. The molecule has 2 rings (SSSR count). The molecule has 0 aliphatic carbocycles. The van der Waals surface area contributed by atoms with E-state index >= 15 is 0 Å². The van der Waals surface area contributed by atoms with Gasteiger partial charge in [-0.1, -0.05) is 24.3 Å². The second-order valence-corrected chi connectivity index (χ2v) is 4.61. The lowest BCUT2D eigenvalue weighted by molar-refractivity contribution is 0.0733. The molecule has 0 saturated heterocycles. The topological polar surface area (TPSA) is 35.5 Å². The molecule has 0 aromatic heterocycles. The van der Waals surface area contributed by atoms with E-state index in [4.69, 9.17) is 9.47 Å². The van der Waals surface area contributed by atoms with Crippen LogP contribution in [0.1, 0.15) is 10.4 Å². The molecule has 0 heterocycles. The fourth-order valence-corrected chi connectivity index (χ4v) is 2.15. The van der Waals surface area contributed by atoms with Crippen molar-refractivity contribution in [1.82, 2.24) is 0 Å². The fraction of sp³-hybridized carbons (Fsp3) is 0.0714. The molecule has 0 radical (unpaired) electrons. The maximum atomic E-state index is 11.9. The number of halogens is 1. The van der Waals surface area contributed by atoms with Gasteiger partial charge in [-0.15, -0.1) is 0 Å². The average molecular weight is 354 g/mol. The molecule has 0 aliphatic rings. The molecule has 2 aromatic rings. The van der Waals surface area contributed by atoms with Gasteiger partial charge in [0.05, 0.1) is 16.2 Å². The van der Waals surface area contributed by atoms with E-state index in [0.29, 0.717) is 17.1 Å². The van der Waals surface area contributed by atoms with E-state index < -0.39 is 0 Å². The van der Waals surface area contributed by atoms with E-state index in [0.717, 1.165) is 3.57 Å². The van der Waals surface area contributed by atoms with Gasteiger partial charge in [0.2, 0.25) is 0 Å². The summed E-state index contributed by atoms with van der Waals surface area (Å²) in [5.41, 5.74) is 0.524. The Kier molecular flexibility index (Phi) is 4.19. The van der Waals surface area contributed by atoms with Crippen LogP contribution >= 0.6 is 22.6 Å². The lowest BCUT2D eigenvalue weighted by Crippen LogP contribution is -2.09. The molecule has 3 nitrogen and oxygen atoms in total. The number of rotatable bonds is 3. The summed E-state index contributed by atoms with van der Waals surface area (Å²) in [5, 5.41) is 0. The van der Waals surface area contributed by atoms with Crippen molar-refractivity contribution in [3.63, 3.8) is 0 Å². The van der Waals surface area contributed by atoms with Gasteiger partial charge in [-0.25, -0.2) is 4.79 Å². The second kappa shape index (κ2) is 5.86. The molecule has 4 heteroatoms. The van der Waals surface area contributed by atoms with Crippen LogP contribution < -0.4 is 9.47 Å². The number of methoxy groups -OCH3 is 1.